The second kappa shape index (κ2) is 11.2. The van der Waals surface area contributed by atoms with E-state index in [0.717, 1.165) is 11.4 Å². The number of pyridine rings is 1. The molecule has 10 nitrogen and oxygen atoms in total. The monoisotopic (exact) mass is 562 g/mol. The van der Waals surface area contributed by atoms with E-state index in [1.54, 1.807) is 24.4 Å². The Kier molecular flexibility index (Phi) is 7.55. The Hall–Kier alpha value is -4.32. The Morgan fingerprint density at radius 2 is 2.00 bits per heavy atom. The lowest BCUT2D eigenvalue weighted by atomic mass is 10.0. The summed E-state index contributed by atoms with van der Waals surface area (Å²) >= 11 is 12.4. The summed E-state index contributed by atoms with van der Waals surface area (Å²) in [6.45, 7) is -0.0965. The van der Waals surface area contributed by atoms with E-state index in [1.165, 1.54) is 19.2 Å². The molecule has 2 atom stereocenters. The molecule has 1 aliphatic heterocycles. The molecule has 0 aliphatic carbocycles. The fourth-order valence-corrected chi connectivity index (χ4v) is 5.20. The van der Waals surface area contributed by atoms with E-state index in [0.29, 0.717) is 27.2 Å². The van der Waals surface area contributed by atoms with Crippen LogP contribution in [0.5, 0.6) is 0 Å². The number of rotatable bonds is 8. The first kappa shape index (κ1) is 26.3. The zero-order valence-electron chi connectivity index (χ0n) is 20.7. The lowest BCUT2D eigenvalue weighted by molar-refractivity contribution is -0.384. The minimum Gasteiger partial charge on any atom is -0.375 e. The highest BCUT2D eigenvalue weighted by Gasteiger charge is 2.42. The maximum Gasteiger partial charge on any atom is 0.271 e. The van der Waals surface area contributed by atoms with Gasteiger partial charge < -0.3 is 24.8 Å². The maximum absolute atomic E-state index is 12.0. The number of ether oxygens (including phenoxy) is 1. The molecule has 2 aromatic carbocycles. The van der Waals surface area contributed by atoms with Gasteiger partial charge in [-0.2, -0.15) is 0 Å². The van der Waals surface area contributed by atoms with Crippen molar-refractivity contribution >= 4 is 51.9 Å². The second-order valence-corrected chi connectivity index (χ2v) is 9.52. The Bertz CT molecular complexity index is 1550. The molecule has 1 aliphatic rings. The van der Waals surface area contributed by atoms with Crippen LogP contribution in [-0.2, 0) is 9.53 Å². The first-order valence-electron chi connectivity index (χ1n) is 11.9. The molecule has 0 radical (unpaired) electrons. The predicted octanol–water partition coefficient (Wildman–Crippen LogP) is 5.20. The number of carbonyl (C=O) groups excluding carboxylic acids is 1. The van der Waals surface area contributed by atoms with E-state index in [-0.39, 0.29) is 24.2 Å². The van der Waals surface area contributed by atoms with Gasteiger partial charge in [0, 0.05) is 43.0 Å². The van der Waals surface area contributed by atoms with E-state index in [4.69, 9.17) is 28.6 Å². The fraction of sp³-hybridized carbons (Fsp3) is 0.148. The first-order chi connectivity index (χ1) is 18.9. The number of nitro groups is 1. The van der Waals surface area contributed by atoms with Crippen molar-refractivity contribution in [2.45, 2.75) is 12.1 Å². The number of thiocarbonyl (C=S) groups is 1. The van der Waals surface area contributed by atoms with Crippen LogP contribution in [0.15, 0.2) is 85.2 Å². The standard InChI is InChI=1S/C27H23ClN6O4S/c1-38-16-24(35)30-21-11-10-18(15-20(21)28)33-26(25(31-27(33)39)22-8-2-3-12-29-22)23-9-5-13-32(23)17-6-4-7-19(14-17)34(36)37/h2-15,25-26H,16H2,1H3,(H,30,35)(H,31,39)/t25-,26+/m1/s1. The SMILES string of the molecule is COCC(=O)Nc1ccc(N2C(=S)N[C@H](c3ccccn3)[C@@H]2c2cccn2-c2cccc([N+](=O)[O-])c2)cc1Cl. The molecule has 198 valence electrons. The number of anilines is 2. The Morgan fingerprint density at radius 1 is 1.15 bits per heavy atom. The molecule has 0 unspecified atom stereocenters. The van der Waals surface area contributed by atoms with Crippen LogP contribution in [-0.4, -0.2) is 39.2 Å². The third-order valence-electron chi connectivity index (χ3n) is 6.28. The summed E-state index contributed by atoms with van der Waals surface area (Å²) in [7, 11) is 1.44. The lowest BCUT2D eigenvalue weighted by Crippen LogP contribution is -2.30. The van der Waals surface area contributed by atoms with Gasteiger partial charge in [0.05, 0.1) is 33.1 Å². The molecule has 0 spiro atoms. The minimum atomic E-state index is -0.420. The van der Waals surface area contributed by atoms with Gasteiger partial charge in [0.2, 0.25) is 5.91 Å². The van der Waals surface area contributed by atoms with Crippen LogP contribution in [0.1, 0.15) is 23.5 Å². The normalized spacial score (nSPS) is 16.7. The third kappa shape index (κ3) is 5.32. The predicted molar refractivity (Wildman–Crippen MR) is 152 cm³/mol. The summed E-state index contributed by atoms with van der Waals surface area (Å²) in [5.74, 6) is -0.326. The molecular formula is C27H23ClN6O4S. The summed E-state index contributed by atoms with van der Waals surface area (Å²) in [6.07, 6.45) is 3.57. The van der Waals surface area contributed by atoms with E-state index >= 15 is 0 Å². The van der Waals surface area contributed by atoms with Crippen molar-refractivity contribution in [3.8, 4) is 5.69 Å². The van der Waals surface area contributed by atoms with Gasteiger partial charge in [-0.1, -0.05) is 23.7 Å². The van der Waals surface area contributed by atoms with Gasteiger partial charge in [-0.3, -0.25) is 19.9 Å². The maximum atomic E-state index is 12.0. The van der Waals surface area contributed by atoms with E-state index < -0.39 is 11.0 Å². The van der Waals surface area contributed by atoms with Gasteiger partial charge in [0.15, 0.2) is 5.11 Å². The molecule has 1 saturated heterocycles. The van der Waals surface area contributed by atoms with Crippen LogP contribution < -0.4 is 15.5 Å². The first-order valence-corrected chi connectivity index (χ1v) is 12.7. The van der Waals surface area contributed by atoms with Gasteiger partial charge in [-0.25, -0.2) is 0 Å². The number of carbonyl (C=O) groups is 1. The number of non-ortho nitro benzene ring substituents is 1. The van der Waals surface area contributed by atoms with E-state index in [1.807, 2.05) is 58.1 Å². The number of hydrogen-bond acceptors (Lipinski definition) is 6. The minimum absolute atomic E-state index is 0.0109. The zero-order chi connectivity index (χ0) is 27.5. The molecule has 0 bridgehead atoms. The number of halogens is 1. The van der Waals surface area contributed by atoms with Crippen LogP contribution in [0.3, 0.4) is 0 Å². The van der Waals surface area contributed by atoms with Crippen LogP contribution in [0.2, 0.25) is 5.02 Å². The average molecular weight is 563 g/mol. The Labute approximate surface area is 234 Å². The molecule has 2 N–H and O–H groups in total. The van der Waals surface area contributed by atoms with Crippen LogP contribution >= 0.6 is 23.8 Å². The summed E-state index contributed by atoms with van der Waals surface area (Å²) in [4.78, 5) is 29.6. The van der Waals surface area contributed by atoms with Gasteiger partial charge in [-0.05, 0) is 60.7 Å². The highest BCUT2D eigenvalue weighted by Crippen LogP contribution is 2.43. The quantitative estimate of drug-likeness (QED) is 0.171. The highest BCUT2D eigenvalue weighted by atomic mass is 35.5. The van der Waals surface area contributed by atoms with Crippen molar-refractivity contribution in [1.82, 2.24) is 14.9 Å². The smallest absolute Gasteiger partial charge is 0.271 e. The molecule has 5 rings (SSSR count). The fourth-order valence-electron chi connectivity index (χ4n) is 4.63. The number of hydrogen-bond donors (Lipinski definition) is 2. The molecular weight excluding hydrogens is 540 g/mol. The Morgan fingerprint density at radius 3 is 2.72 bits per heavy atom. The molecule has 3 heterocycles. The van der Waals surface area contributed by atoms with E-state index in [2.05, 4.69) is 15.6 Å². The number of aromatic nitrogens is 2. The van der Waals surface area contributed by atoms with Gasteiger partial charge in [0.25, 0.3) is 5.69 Å². The Balaban J connectivity index is 1.60. The van der Waals surface area contributed by atoms with Crippen LogP contribution in [0.4, 0.5) is 17.1 Å². The van der Waals surface area contributed by atoms with Crippen molar-refractivity contribution < 1.29 is 14.5 Å². The van der Waals surface area contributed by atoms with Crippen molar-refractivity contribution in [1.29, 1.82) is 0 Å². The third-order valence-corrected chi connectivity index (χ3v) is 6.91. The molecule has 1 amide bonds. The van der Waals surface area contributed by atoms with Gasteiger partial charge in [0.1, 0.15) is 12.6 Å². The van der Waals surface area contributed by atoms with Crippen molar-refractivity contribution in [3.05, 3.63) is 112 Å². The van der Waals surface area contributed by atoms with Crippen molar-refractivity contribution in [3.63, 3.8) is 0 Å². The summed E-state index contributed by atoms with van der Waals surface area (Å²) in [5, 5.41) is 18.4. The van der Waals surface area contributed by atoms with Crippen molar-refractivity contribution in [2.75, 3.05) is 23.9 Å². The molecule has 12 heteroatoms. The molecule has 2 aromatic heterocycles. The number of nitro benzene ring substituents is 1. The number of benzene rings is 2. The highest BCUT2D eigenvalue weighted by molar-refractivity contribution is 7.80. The van der Waals surface area contributed by atoms with E-state index in [9.17, 15) is 14.9 Å². The number of nitrogens with one attached hydrogen (secondary N) is 2. The average Bonchev–Trinajstić information content (AvgIpc) is 3.55. The lowest BCUT2D eigenvalue weighted by Gasteiger charge is -2.29. The summed E-state index contributed by atoms with van der Waals surface area (Å²) in [5.41, 5.74) is 3.36. The summed E-state index contributed by atoms with van der Waals surface area (Å²) < 4.78 is 6.78. The van der Waals surface area contributed by atoms with Gasteiger partial charge in [-0.15, -0.1) is 0 Å². The van der Waals surface area contributed by atoms with Crippen LogP contribution in [0, 0.1) is 10.1 Å². The molecule has 0 saturated carbocycles. The number of nitrogens with zero attached hydrogens (tertiary/aromatic N) is 4. The number of amides is 1. The molecule has 4 aromatic rings. The largest absolute Gasteiger partial charge is 0.375 e. The molecule has 1 fully saturated rings. The second-order valence-electron chi connectivity index (χ2n) is 8.72. The number of methoxy groups -OCH3 is 1. The zero-order valence-corrected chi connectivity index (χ0v) is 22.2. The van der Waals surface area contributed by atoms with Crippen LogP contribution in [0.25, 0.3) is 5.69 Å². The van der Waals surface area contributed by atoms with Gasteiger partial charge >= 0.3 is 0 Å². The topological polar surface area (TPSA) is 115 Å². The summed E-state index contributed by atoms with van der Waals surface area (Å²) in [6, 6.07) is 20.4. The van der Waals surface area contributed by atoms with Crippen molar-refractivity contribution in [2.24, 2.45) is 0 Å². The molecule has 39 heavy (non-hydrogen) atoms.